The molecule has 0 radical (unpaired) electrons. The number of rotatable bonds is 5. The summed E-state index contributed by atoms with van der Waals surface area (Å²) in [7, 11) is 1.67. The zero-order valence-corrected chi connectivity index (χ0v) is 13.2. The average Bonchev–Trinajstić information content (AvgIpc) is 2.99. The lowest BCUT2D eigenvalue weighted by Crippen LogP contribution is -2.44. The van der Waals surface area contributed by atoms with Crippen molar-refractivity contribution in [2.75, 3.05) is 38.3 Å². The first-order chi connectivity index (χ1) is 10.7. The molecule has 1 aliphatic rings. The van der Waals surface area contributed by atoms with Crippen LogP contribution in [0.4, 0.5) is 9.52 Å². The third-order valence-corrected chi connectivity index (χ3v) is 4.47. The molecule has 0 bridgehead atoms. The van der Waals surface area contributed by atoms with Crippen LogP contribution in [0.2, 0.25) is 0 Å². The zero-order valence-electron chi connectivity index (χ0n) is 12.4. The molecule has 1 atom stereocenters. The minimum absolute atomic E-state index is 0.0724. The molecule has 5 nitrogen and oxygen atoms in total. The van der Waals surface area contributed by atoms with Crippen molar-refractivity contribution in [2.24, 2.45) is 0 Å². The number of halogens is 1. The molecule has 0 N–H and O–H groups in total. The van der Waals surface area contributed by atoms with E-state index in [2.05, 4.69) is 15.1 Å². The number of nitrogens with zero attached hydrogens (tertiary/aromatic N) is 3. The van der Waals surface area contributed by atoms with Crippen molar-refractivity contribution in [1.29, 1.82) is 0 Å². The smallest absolute Gasteiger partial charge is 0.208 e. The van der Waals surface area contributed by atoms with Gasteiger partial charge in [-0.1, -0.05) is 23.5 Å². The highest BCUT2D eigenvalue weighted by molar-refractivity contribution is 7.15. The van der Waals surface area contributed by atoms with Crippen LogP contribution in [0.1, 0.15) is 10.6 Å². The molecule has 1 fully saturated rings. The van der Waals surface area contributed by atoms with E-state index in [1.807, 2.05) is 0 Å². The Kier molecular flexibility index (Phi) is 4.97. The quantitative estimate of drug-likeness (QED) is 0.843. The molecular weight excluding hydrogens is 305 g/mol. The van der Waals surface area contributed by atoms with Gasteiger partial charge in [0.2, 0.25) is 5.13 Å². The summed E-state index contributed by atoms with van der Waals surface area (Å²) in [6.45, 7) is 2.82. The van der Waals surface area contributed by atoms with Gasteiger partial charge in [-0.05, 0) is 17.7 Å². The SMILES string of the molecule is COC[C@H]1CN(c2nnc(Cc3ccc(F)cc3)s2)CCO1. The van der Waals surface area contributed by atoms with Crippen molar-refractivity contribution >= 4 is 16.5 Å². The standard InChI is InChI=1S/C15H18FN3O2S/c1-20-10-13-9-19(6-7-21-13)15-18-17-14(22-15)8-11-2-4-12(16)5-3-11/h2-5,13H,6-10H2,1H3/t13-/m1/s1. The molecule has 1 aromatic carbocycles. The summed E-state index contributed by atoms with van der Waals surface area (Å²) in [4.78, 5) is 2.18. The van der Waals surface area contributed by atoms with Crippen molar-refractivity contribution in [1.82, 2.24) is 10.2 Å². The van der Waals surface area contributed by atoms with Crippen molar-refractivity contribution in [3.63, 3.8) is 0 Å². The number of ether oxygens (including phenoxy) is 2. The molecule has 118 valence electrons. The van der Waals surface area contributed by atoms with Gasteiger partial charge in [0.1, 0.15) is 10.8 Å². The second-order valence-corrected chi connectivity index (χ2v) is 6.22. The molecule has 1 aliphatic heterocycles. The second-order valence-electron chi connectivity index (χ2n) is 5.18. The monoisotopic (exact) mass is 323 g/mol. The lowest BCUT2D eigenvalue weighted by molar-refractivity contribution is -0.0100. The van der Waals surface area contributed by atoms with Crippen LogP contribution >= 0.6 is 11.3 Å². The van der Waals surface area contributed by atoms with Gasteiger partial charge in [0.05, 0.1) is 19.3 Å². The molecule has 2 heterocycles. The molecule has 1 aromatic heterocycles. The lowest BCUT2D eigenvalue weighted by atomic mass is 10.2. The Morgan fingerprint density at radius 1 is 1.36 bits per heavy atom. The Morgan fingerprint density at radius 3 is 2.95 bits per heavy atom. The van der Waals surface area contributed by atoms with E-state index in [0.717, 1.165) is 28.8 Å². The van der Waals surface area contributed by atoms with Gasteiger partial charge >= 0.3 is 0 Å². The number of anilines is 1. The van der Waals surface area contributed by atoms with Gasteiger partial charge in [0.15, 0.2) is 0 Å². The van der Waals surface area contributed by atoms with Gasteiger partial charge in [-0.15, -0.1) is 10.2 Å². The highest BCUT2D eigenvalue weighted by Gasteiger charge is 2.23. The van der Waals surface area contributed by atoms with Gasteiger partial charge in [0.25, 0.3) is 0 Å². The van der Waals surface area contributed by atoms with E-state index >= 15 is 0 Å². The van der Waals surface area contributed by atoms with E-state index in [1.54, 1.807) is 30.6 Å². The predicted molar refractivity (Wildman–Crippen MR) is 82.9 cm³/mol. The van der Waals surface area contributed by atoms with E-state index in [-0.39, 0.29) is 11.9 Å². The number of morpholine rings is 1. The first-order valence-corrected chi connectivity index (χ1v) is 7.98. The van der Waals surface area contributed by atoms with E-state index in [9.17, 15) is 4.39 Å². The molecule has 0 aliphatic carbocycles. The van der Waals surface area contributed by atoms with E-state index in [4.69, 9.17) is 9.47 Å². The van der Waals surface area contributed by atoms with E-state index in [1.165, 1.54) is 12.1 Å². The number of benzene rings is 1. The van der Waals surface area contributed by atoms with Crippen LogP contribution in [0.5, 0.6) is 0 Å². The minimum atomic E-state index is -0.223. The fraction of sp³-hybridized carbons (Fsp3) is 0.467. The van der Waals surface area contributed by atoms with Crippen LogP contribution in [0.25, 0.3) is 0 Å². The summed E-state index contributed by atoms with van der Waals surface area (Å²) in [5, 5.41) is 10.3. The van der Waals surface area contributed by atoms with Crippen LogP contribution in [-0.4, -0.2) is 49.7 Å². The van der Waals surface area contributed by atoms with Crippen molar-refractivity contribution in [2.45, 2.75) is 12.5 Å². The predicted octanol–water partition coefficient (Wildman–Crippen LogP) is 2.12. The second kappa shape index (κ2) is 7.13. The maximum atomic E-state index is 12.9. The largest absolute Gasteiger partial charge is 0.382 e. The molecule has 0 spiro atoms. The van der Waals surface area contributed by atoms with E-state index < -0.39 is 0 Å². The molecule has 0 saturated carbocycles. The van der Waals surface area contributed by atoms with Crippen LogP contribution in [0, 0.1) is 5.82 Å². The molecule has 22 heavy (non-hydrogen) atoms. The van der Waals surface area contributed by atoms with Crippen LogP contribution in [0.15, 0.2) is 24.3 Å². The Labute approximate surface area is 132 Å². The third kappa shape index (κ3) is 3.79. The molecule has 0 unspecified atom stereocenters. The first kappa shape index (κ1) is 15.3. The maximum absolute atomic E-state index is 12.9. The minimum Gasteiger partial charge on any atom is -0.382 e. The average molecular weight is 323 g/mol. The number of methoxy groups -OCH3 is 1. The van der Waals surface area contributed by atoms with Crippen LogP contribution in [-0.2, 0) is 15.9 Å². The van der Waals surface area contributed by atoms with E-state index in [0.29, 0.717) is 19.6 Å². The highest BCUT2D eigenvalue weighted by atomic mass is 32.1. The van der Waals surface area contributed by atoms with Crippen molar-refractivity contribution in [3.05, 3.63) is 40.7 Å². The van der Waals surface area contributed by atoms with Crippen molar-refractivity contribution in [3.8, 4) is 0 Å². The summed E-state index contributed by atoms with van der Waals surface area (Å²) in [6.07, 6.45) is 0.743. The van der Waals surface area contributed by atoms with Gasteiger partial charge < -0.3 is 14.4 Å². The third-order valence-electron chi connectivity index (χ3n) is 3.49. The zero-order chi connectivity index (χ0) is 15.4. The summed E-state index contributed by atoms with van der Waals surface area (Å²) < 4.78 is 23.7. The lowest BCUT2D eigenvalue weighted by Gasteiger charge is -2.31. The number of aromatic nitrogens is 2. The Morgan fingerprint density at radius 2 is 2.18 bits per heavy atom. The van der Waals surface area contributed by atoms with Crippen molar-refractivity contribution < 1.29 is 13.9 Å². The molecular formula is C15H18FN3O2S. The Hall–Kier alpha value is -1.57. The number of hydrogen-bond donors (Lipinski definition) is 0. The Balaban J connectivity index is 1.64. The summed E-state index contributed by atoms with van der Waals surface area (Å²) in [6, 6.07) is 6.49. The summed E-state index contributed by atoms with van der Waals surface area (Å²) in [5.41, 5.74) is 1.03. The van der Waals surface area contributed by atoms with Gasteiger partial charge in [-0.3, -0.25) is 0 Å². The molecule has 0 amide bonds. The molecule has 7 heteroatoms. The molecule has 3 rings (SSSR count). The van der Waals surface area contributed by atoms with Crippen LogP contribution in [0.3, 0.4) is 0 Å². The van der Waals surface area contributed by atoms with Gasteiger partial charge in [0, 0.05) is 26.6 Å². The fourth-order valence-corrected chi connectivity index (χ4v) is 3.31. The summed E-state index contributed by atoms with van der Waals surface area (Å²) in [5.74, 6) is -0.223. The Bertz CT molecular complexity index is 603. The fourth-order valence-electron chi connectivity index (χ4n) is 2.40. The van der Waals surface area contributed by atoms with Gasteiger partial charge in [-0.2, -0.15) is 0 Å². The van der Waals surface area contributed by atoms with Gasteiger partial charge in [-0.25, -0.2) is 4.39 Å². The molecule has 1 saturated heterocycles. The normalized spacial score (nSPS) is 18.6. The number of hydrogen-bond acceptors (Lipinski definition) is 6. The van der Waals surface area contributed by atoms with Crippen LogP contribution < -0.4 is 4.90 Å². The molecule has 2 aromatic rings. The summed E-state index contributed by atoms with van der Waals surface area (Å²) >= 11 is 1.57. The maximum Gasteiger partial charge on any atom is 0.208 e. The topological polar surface area (TPSA) is 47.5 Å². The highest BCUT2D eigenvalue weighted by Crippen LogP contribution is 2.24. The first-order valence-electron chi connectivity index (χ1n) is 7.17.